The van der Waals surface area contributed by atoms with E-state index in [1.807, 2.05) is 30.4 Å². The van der Waals surface area contributed by atoms with Crippen molar-refractivity contribution < 1.29 is 9.63 Å². The molecule has 0 fully saturated rings. The highest BCUT2D eigenvalue weighted by atomic mass is 16.7. The van der Waals surface area contributed by atoms with Crippen molar-refractivity contribution in [1.29, 1.82) is 0 Å². The highest BCUT2D eigenvalue weighted by Gasteiger charge is 2.52. The zero-order valence-electron chi connectivity index (χ0n) is 20.2. The molecule has 2 aromatic carbocycles. The molecule has 0 amide bonds. The number of allylic oxidation sites excluding steroid dienone is 2. The van der Waals surface area contributed by atoms with Gasteiger partial charge in [-0.05, 0) is 35.5 Å². The van der Waals surface area contributed by atoms with Crippen molar-refractivity contribution in [1.82, 2.24) is 0 Å². The van der Waals surface area contributed by atoms with Gasteiger partial charge in [-0.15, -0.1) is 0 Å². The maximum absolute atomic E-state index is 13.6. The lowest BCUT2D eigenvalue weighted by atomic mass is 9.65. The van der Waals surface area contributed by atoms with Crippen LogP contribution in [-0.4, -0.2) is 17.1 Å². The quantitative estimate of drug-likeness (QED) is 0.530. The number of aryl methyl sites for hydroxylation is 1. The number of hydrogen-bond acceptors (Lipinski definition) is 3. The number of oxime groups is 1. The monoisotopic (exact) mass is 427 g/mol. The van der Waals surface area contributed by atoms with Gasteiger partial charge in [0, 0.05) is 16.7 Å². The van der Waals surface area contributed by atoms with Crippen LogP contribution in [-0.2, 0) is 9.63 Å². The minimum atomic E-state index is -0.848. The zero-order chi connectivity index (χ0) is 23.3. The third-order valence-corrected chi connectivity index (χ3v) is 6.32. The minimum Gasteiger partial charge on any atom is -0.379 e. The van der Waals surface area contributed by atoms with Crippen LogP contribution in [0.25, 0.3) is 0 Å². The Morgan fingerprint density at radius 2 is 1.44 bits per heavy atom. The van der Waals surface area contributed by atoms with Gasteiger partial charge in [0.2, 0.25) is 0 Å². The van der Waals surface area contributed by atoms with Crippen molar-refractivity contribution in [2.75, 3.05) is 0 Å². The molecular formula is C29H33NO2. The van der Waals surface area contributed by atoms with Crippen LogP contribution in [0.2, 0.25) is 0 Å². The summed E-state index contributed by atoms with van der Waals surface area (Å²) in [6.45, 7) is 14.6. The molecule has 0 N–H and O–H groups in total. The van der Waals surface area contributed by atoms with E-state index in [0.717, 1.165) is 28.0 Å². The number of Topliss-reactive ketones (excluding diaryl/α,β-unsaturated/α-hetero) is 1. The molecule has 4 rings (SSSR count). The summed E-state index contributed by atoms with van der Waals surface area (Å²) in [5.74, 6) is -0.0525. The van der Waals surface area contributed by atoms with Gasteiger partial charge in [-0.2, -0.15) is 0 Å². The first-order valence-corrected chi connectivity index (χ1v) is 11.3. The van der Waals surface area contributed by atoms with Crippen LogP contribution in [0.15, 0.2) is 83.1 Å². The summed E-state index contributed by atoms with van der Waals surface area (Å²) in [6.07, 6.45) is 4.07. The van der Waals surface area contributed by atoms with E-state index in [1.165, 1.54) is 5.56 Å². The largest absolute Gasteiger partial charge is 0.379 e. The van der Waals surface area contributed by atoms with Gasteiger partial charge in [0.1, 0.15) is 0 Å². The van der Waals surface area contributed by atoms with E-state index in [0.29, 0.717) is 0 Å². The van der Waals surface area contributed by atoms with Crippen LogP contribution < -0.4 is 0 Å². The van der Waals surface area contributed by atoms with Crippen LogP contribution in [0.5, 0.6) is 0 Å². The van der Waals surface area contributed by atoms with E-state index < -0.39 is 5.60 Å². The lowest BCUT2D eigenvalue weighted by Crippen LogP contribution is -2.41. The molecule has 2 aromatic rings. The van der Waals surface area contributed by atoms with Gasteiger partial charge < -0.3 is 4.84 Å². The summed E-state index contributed by atoms with van der Waals surface area (Å²) in [5.41, 5.74) is 4.32. The second kappa shape index (κ2) is 7.58. The molecule has 32 heavy (non-hydrogen) atoms. The Balaban J connectivity index is 1.98. The minimum absolute atomic E-state index is 0.107. The highest BCUT2D eigenvalue weighted by molar-refractivity contribution is 6.13. The maximum Gasteiger partial charge on any atom is 0.187 e. The van der Waals surface area contributed by atoms with E-state index in [2.05, 4.69) is 90.0 Å². The second-order valence-corrected chi connectivity index (χ2v) is 11.1. The topological polar surface area (TPSA) is 38.7 Å². The van der Waals surface area contributed by atoms with Crippen LogP contribution in [0.1, 0.15) is 64.2 Å². The van der Waals surface area contributed by atoms with Crippen LogP contribution in [0.4, 0.5) is 0 Å². The average molecular weight is 428 g/mol. The van der Waals surface area contributed by atoms with Crippen molar-refractivity contribution in [3.63, 3.8) is 0 Å². The Hall–Kier alpha value is -2.94. The van der Waals surface area contributed by atoms with Gasteiger partial charge in [0.05, 0.1) is 11.6 Å². The van der Waals surface area contributed by atoms with E-state index in [4.69, 9.17) is 4.84 Å². The molecule has 0 saturated heterocycles. The van der Waals surface area contributed by atoms with Crippen molar-refractivity contribution >= 4 is 11.5 Å². The number of carbonyl (C=O) groups excluding carboxylic acids is 1. The molecule has 1 unspecified atom stereocenters. The van der Waals surface area contributed by atoms with Crippen molar-refractivity contribution in [3.8, 4) is 0 Å². The fourth-order valence-electron chi connectivity index (χ4n) is 4.64. The van der Waals surface area contributed by atoms with Crippen molar-refractivity contribution in [3.05, 3.63) is 94.6 Å². The van der Waals surface area contributed by atoms with Crippen LogP contribution >= 0.6 is 0 Å². The molecule has 1 aliphatic carbocycles. The third kappa shape index (κ3) is 3.85. The molecule has 0 radical (unpaired) electrons. The number of nitrogens with zero attached hydrogens (tertiary/aromatic N) is 1. The Bertz CT molecular complexity index is 1100. The first kappa shape index (κ1) is 22.3. The fourth-order valence-corrected chi connectivity index (χ4v) is 4.64. The third-order valence-electron chi connectivity index (χ3n) is 6.32. The molecular weight excluding hydrogens is 394 g/mol. The first-order valence-electron chi connectivity index (χ1n) is 11.3. The van der Waals surface area contributed by atoms with Gasteiger partial charge in [0.15, 0.2) is 11.4 Å². The Kier molecular flexibility index (Phi) is 5.27. The molecule has 1 heterocycles. The highest BCUT2D eigenvalue weighted by Crippen LogP contribution is 2.49. The smallest absolute Gasteiger partial charge is 0.187 e. The van der Waals surface area contributed by atoms with Gasteiger partial charge in [-0.3, -0.25) is 4.79 Å². The molecule has 3 heteroatoms. The number of carbonyl (C=O) groups is 1. The van der Waals surface area contributed by atoms with Gasteiger partial charge in [-0.1, -0.05) is 107 Å². The maximum atomic E-state index is 13.6. The van der Waals surface area contributed by atoms with E-state index >= 15 is 0 Å². The summed E-state index contributed by atoms with van der Waals surface area (Å²) in [7, 11) is 0. The van der Waals surface area contributed by atoms with Gasteiger partial charge in [0.25, 0.3) is 0 Å². The summed E-state index contributed by atoms with van der Waals surface area (Å²) < 4.78 is 0. The predicted octanol–water partition coefficient (Wildman–Crippen LogP) is 6.78. The van der Waals surface area contributed by atoms with E-state index in [9.17, 15) is 4.79 Å². The normalized spacial score (nSPS) is 20.5. The average Bonchev–Trinajstić information content (AvgIpc) is 3.07. The molecule has 1 spiro atoms. The molecule has 0 saturated carbocycles. The van der Waals surface area contributed by atoms with Crippen molar-refractivity contribution in [2.24, 2.45) is 16.0 Å². The van der Waals surface area contributed by atoms with E-state index in [-0.39, 0.29) is 22.5 Å². The number of ketones is 1. The second-order valence-electron chi connectivity index (χ2n) is 11.1. The Labute approximate surface area is 191 Å². The first-order chi connectivity index (χ1) is 14.9. The van der Waals surface area contributed by atoms with Gasteiger partial charge in [-0.25, -0.2) is 0 Å². The molecule has 0 bridgehead atoms. The lowest BCUT2D eigenvalue weighted by Gasteiger charge is -2.38. The summed E-state index contributed by atoms with van der Waals surface area (Å²) in [5, 5.41) is 4.66. The van der Waals surface area contributed by atoms with Gasteiger partial charge >= 0.3 is 0 Å². The molecule has 1 aliphatic heterocycles. The summed E-state index contributed by atoms with van der Waals surface area (Å²) in [6, 6.07) is 18.7. The summed E-state index contributed by atoms with van der Waals surface area (Å²) >= 11 is 0. The molecule has 3 nitrogen and oxygen atoms in total. The van der Waals surface area contributed by atoms with Crippen molar-refractivity contribution in [2.45, 2.75) is 60.0 Å². The molecule has 1 atom stereocenters. The zero-order valence-corrected chi connectivity index (χ0v) is 20.2. The SMILES string of the molecule is Cc1cccc(C2=NOC3(C=C(C(C)(C)C)C(=O)C(C(C)(C)C)=C3)C2c2ccccc2)c1. The Morgan fingerprint density at radius 1 is 0.844 bits per heavy atom. The van der Waals surface area contributed by atoms with E-state index in [1.54, 1.807) is 0 Å². The van der Waals surface area contributed by atoms with Crippen LogP contribution in [0, 0.1) is 17.8 Å². The number of rotatable bonds is 2. The molecule has 0 aromatic heterocycles. The van der Waals surface area contributed by atoms with Crippen LogP contribution in [0.3, 0.4) is 0 Å². The molecule has 166 valence electrons. The Morgan fingerprint density at radius 3 is 1.97 bits per heavy atom. The predicted molar refractivity (Wildman–Crippen MR) is 131 cm³/mol. The molecule has 2 aliphatic rings. The standard InChI is InChI=1S/C29H33NO2/c1-19-12-11-15-21(16-19)25-24(20-13-9-8-10-14-20)29(32-30-25)17-22(27(2,3)4)26(31)23(18-29)28(5,6)7/h8-18,24H,1-7H3. The summed E-state index contributed by atoms with van der Waals surface area (Å²) in [4.78, 5) is 19.9. The number of benzene rings is 2. The lowest BCUT2D eigenvalue weighted by molar-refractivity contribution is -0.114. The fraction of sp³-hybridized carbons (Fsp3) is 0.379. The number of hydrogen-bond donors (Lipinski definition) is 0.